The van der Waals surface area contributed by atoms with Gasteiger partial charge < -0.3 is 18.6 Å². The number of fused-ring (bicyclic) bond motifs is 1. The quantitative estimate of drug-likeness (QED) is 0.471. The first-order valence-electron chi connectivity index (χ1n) is 8.11. The van der Waals surface area contributed by atoms with E-state index in [1.165, 1.54) is 13.2 Å². The lowest BCUT2D eigenvalue weighted by atomic mass is 10.1. The molecule has 2 aromatic carbocycles. The van der Waals surface area contributed by atoms with Gasteiger partial charge in [0, 0.05) is 23.1 Å². The Hall–Kier alpha value is -2.99. The molecule has 27 heavy (non-hydrogen) atoms. The van der Waals surface area contributed by atoms with Gasteiger partial charge in [-0.3, -0.25) is 0 Å². The van der Waals surface area contributed by atoms with Gasteiger partial charge in [0.1, 0.15) is 23.7 Å². The minimum absolute atomic E-state index is 0.0851. The lowest BCUT2D eigenvalue weighted by molar-refractivity contribution is -0.147. The standard InChI is InChI=1S/C20H17ClO6/c1-12-3-6-16(21)18(7-12)25-11-20(23)26-10-13-8-19(22)27-17-9-14(24-2)4-5-15(13)17/h3-9H,10-11H2,1-2H3. The van der Waals surface area contributed by atoms with Crippen LogP contribution in [0.15, 0.2) is 51.7 Å². The molecule has 0 N–H and O–H groups in total. The van der Waals surface area contributed by atoms with Crippen LogP contribution in [0, 0.1) is 6.92 Å². The number of benzene rings is 2. The van der Waals surface area contributed by atoms with Gasteiger partial charge in [0.15, 0.2) is 6.61 Å². The Morgan fingerprint density at radius 1 is 1.15 bits per heavy atom. The Kier molecular flexibility index (Phi) is 5.66. The van der Waals surface area contributed by atoms with Crippen molar-refractivity contribution < 1.29 is 23.4 Å². The highest BCUT2D eigenvalue weighted by molar-refractivity contribution is 6.32. The number of methoxy groups -OCH3 is 1. The average Bonchev–Trinajstić information content (AvgIpc) is 2.66. The van der Waals surface area contributed by atoms with Crippen LogP contribution >= 0.6 is 11.6 Å². The Labute approximate surface area is 160 Å². The maximum atomic E-state index is 12.0. The normalized spacial score (nSPS) is 10.6. The fourth-order valence-corrected chi connectivity index (χ4v) is 2.69. The topological polar surface area (TPSA) is 75.0 Å². The third-order valence-corrected chi connectivity index (χ3v) is 4.17. The number of carbonyl (C=O) groups excluding carboxylic acids is 1. The van der Waals surface area contributed by atoms with E-state index in [1.807, 2.05) is 13.0 Å². The second-order valence-electron chi connectivity index (χ2n) is 5.84. The van der Waals surface area contributed by atoms with Crippen LogP contribution in [0.2, 0.25) is 5.02 Å². The van der Waals surface area contributed by atoms with Crippen LogP contribution < -0.4 is 15.1 Å². The number of aryl methyl sites for hydroxylation is 1. The summed E-state index contributed by atoms with van der Waals surface area (Å²) in [5.74, 6) is 0.386. The monoisotopic (exact) mass is 388 g/mol. The highest BCUT2D eigenvalue weighted by atomic mass is 35.5. The Bertz CT molecular complexity index is 1040. The molecule has 0 amide bonds. The Morgan fingerprint density at radius 3 is 2.74 bits per heavy atom. The molecule has 0 saturated heterocycles. The van der Waals surface area contributed by atoms with Gasteiger partial charge in [-0.05, 0) is 36.8 Å². The summed E-state index contributed by atoms with van der Waals surface area (Å²) >= 11 is 6.03. The van der Waals surface area contributed by atoms with Gasteiger partial charge in [0.2, 0.25) is 0 Å². The highest BCUT2D eigenvalue weighted by Crippen LogP contribution is 2.25. The fraction of sp³-hybridized carbons (Fsp3) is 0.200. The van der Waals surface area contributed by atoms with Gasteiger partial charge in [-0.2, -0.15) is 0 Å². The van der Waals surface area contributed by atoms with E-state index in [2.05, 4.69) is 0 Å². The number of halogens is 1. The second-order valence-corrected chi connectivity index (χ2v) is 6.24. The third kappa shape index (κ3) is 4.60. The smallest absolute Gasteiger partial charge is 0.344 e. The average molecular weight is 389 g/mol. The zero-order valence-corrected chi connectivity index (χ0v) is 15.5. The van der Waals surface area contributed by atoms with Crippen molar-refractivity contribution >= 4 is 28.5 Å². The van der Waals surface area contributed by atoms with Crippen molar-refractivity contribution in [1.29, 1.82) is 0 Å². The van der Waals surface area contributed by atoms with E-state index < -0.39 is 11.6 Å². The van der Waals surface area contributed by atoms with Crippen molar-refractivity contribution in [1.82, 2.24) is 0 Å². The van der Waals surface area contributed by atoms with Crippen molar-refractivity contribution in [3.05, 3.63) is 69.0 Å². The molecule has 0 atom stereocenters. The van der Waals surface area contributed by atoms with Gasteiger partial charge in [-0.15, -0.1) is 0 Å². The molecule has 3 rings (SSSR count). The van der Waals surface area contributed by atoms with Gasteiger partial charge in [0.25, 0.3) is 0 Å². The molecular formula is C20H17ClO6. The molecular weight excluding hydrogens is 372 g/mol. The van der Waals surface area contributed by atoms with Crippen molar-refractivity contribution in [2.45, 2.75) is 13.5 Å². The summed E-state index contributed by atoms with van der Waals surface area (Å²) in [6, 6.07) is 11.6. The number of hydrogen-bond acceptors (Lipinski definition) is 6. The molecule has 1 heterocycles. The van der Waals surface area contributed by atoms with Gasteiger partial charge in [0.05, 0.1) is 12.1 Å². The predicted octanol–water partition coefficient (Wildman–Crippen LogP) is 3.89. The fourth-order valence-electron chi connectivity index (χ4n) is 2.51. The number of hydrogen-bond donors (Lipinski definition) is 0. The van der Waals surface area contributed by atoms with Crippen molar-refractivity contribution in [3.8, 4) is 11.5 Å². The minimum atomic E-state index is -0.581. The van der Waals surface area contributed by atoms with E-state index >= 15 is 0 Å². The van der Waals surface area contributed by atoms with Crippen LogP contribution in [-0.4, -0.2) is 19.7 Å². The van der Waals surface area contributed by atoms with E-state index in [9.17, 15) is 9.59 Å². The first-order valence-corrected chi connectivity index (χ1v) is 8.49. The molecule has 0 aliphatic heterocycles. The lowest BCUT2D eigenvalue weighted by Gasteiger charge is -2.10. The molecule has 140 valence electrons. The van der Waals surface area contributed by atoms with E-state index in [1.54, 1.807) is 30.3 Å². The largest absolute Gasteiger partial charge is 0.497 e. The Morgan fingerprint density at radius 2 is 1.96 bits per heavy atom. The van der Waals surface area contributed by atoms with Crippen molar-refractivity contribution in [2.24, 2.45) is 0 Å². The summed E-state index contributed by atoms with van der Waals surface area (Å²) in [6.45, 7) is 1.51. The summed E-state index contributed by atoms with van der Waals surface area (Å²) in [6.07, 6.45) is 0. The van der Waals surface area contributed by atoms with Gasteiger partial charge >= 0.3 is 11.6 Å². The Balaban J connectivity index is 1.68. The number of esters is 1. The summed E-state index contributed by atoms with van der Waals surface area (Å²) < 4.78 is 20.9. The summed E-state index contributed by atoms with van der Waals surface area (Å²) in [5.41, 5.74) is 1.31. The van der Waals surface area contributed by atoms with Crippen molar-refractivity contribution in [2.75, 3.05) is 13.7 Å². The molecule has 7 heteroatoms. The first kappa shape index (κ1) is 18.8. The van der Waals surface area contributed by atoms with Crippen LogP contribution in [0.25, 0.3) is 11.0 Å². The van der Waals surface area contributed by atoms with E-state index in [4.69, 9.17) is 30.2 Å². The van der Waals surface area contributed by atoms with Gasteiger partial charge in [-0.25, -0.2) is 9.59 Å². The van der Waals surface area contributed by atoms with Gasteiger partial charge in [-0.1, -0.05) is 17.7 Å². The number of carbonyl (C=O) groups is 1. The van der Waals surface area contributed by atoms with E-state index in [0.29, 0.717) is 33.1 Å². The lowest BCUT2D eigenvalue weighted by Crippen LogP contribution is -2.15. The van der Waals surface area contributed by atoms with Crippen LogP contribution in [-0.2, 0) is 16.1 Å². The second kappa shape index (κ2) is 8.14. The maximum Gasteiger partial charge on any atom is 0.344 e. The third-order valence-electron chi connectivity index (χ3n) is 3.86. The molecule has 3 aromatic rings. The summed E-state index contributed by atoms with van der Waals surface area (Å²) in [7, 11) is 1.52. The van der Waals surface area contributed by atoms with E-state index in [0.717, 1.165) is 5.56 Å². The zero-order valence-electron chi connectivity index (χ0n) is 14.8. The maximum absolute atomic E-state index is 12.0. The van der Waals surface area contributed by atoms with Crippen LogP contribution in [0.3, 0.4) is 0 Å². The molecule has 0 bridgehead atoms. The molecule has 0 radical (unpaired) electrons. The van der Waals surface area contributed by atoms with Crippen LogP contribution in [0.5, 0.6) is 11.5 Å². The SMILES string of the molecule is COc1ccc2c(COC(=O)COc3cc(C)ccc3Cl)cc(=O)oc2c1. The molecule has 0 saturated carbocycles. The molecule has 1 aromatic heterocycles. The molecule has 0 fully saturated rings. The minimum Gasteiger partial charge on any atom is -0.497 e. The number of ether oxygens (including phenoxy) is 3. The molecule has 6 nitrogen and oxygen atoms in total. The zero-order chi connectivity index (χ0) is 19.4. The van der Waals surface area contributed by atoms with Crippen LogP contribution in [0.4, 0.5) is 0 Å². The molecule has 0 spiro atoms. The summed E-state index contributed by atoms with van der Waals surface area (Å²) in [4.78, 5) is 23.7. The summed E-state index contributed by atoms with van der Waals surface area (Å²) in [5, 5.41) is 1.07. The van der Waals surface area contributed by atoms with Crippen LogP contribution in [0.1, 0.15) is 11.1 Å². The molecule has 0 aliphatic carbocycles. The van der Waals surface area contributed by atoms with E-state index in [-0.39, 0.29) is 13.2 Å². The molecule has 0 unspecified atom stereocenters. The predicted molar refractivity (Wildman–Crippen MR) is 101 cm³/mol. The number of rotatable bonds is 6. The first-order chi connectivity index (χ1) is 13.0. The molecule has 0 aliphatic rings. The highest BCUT2D eigenvalue weighted by Gasteiger charge is 2.11. The van der Waals surface area contributed by atoms with Crippen molar-refractivity contribution in [3.63, 3.8) is 0 Å².